The Kier molecular flexibility index (Phi) is 3.94. The zero-order chi connectivity index (χ0) is 7.28. The highest BCUT2D eigenvalue weighted by Gasteiger charge is 2.17. The van der Waals surface area contributed by atoms with Gasteiger partial charge in [0.05, 0.1) is 7.11 Å². The first-order valence-electron chi connectivity index (χ1n) is 2.17. The molecule has 0 radical (unpaired) electrons. The van der Waals surface area contributed by atoms with Gasteiger partial charge in [0.2, 0.25) is 0 Å². The predicted molar refractivity (Wildman–Crippen MR) is 26.5 cm³/mol. The number of hydrogen-bond acceptors (Lipinski definition) is 5. The topological polar surface area (TPSA) is 65.0 Å². The average molecular weight is 136 g/mol. The fraction of sp³-hybridized carbons (Fsp3) is 0.750. The van der Waals surface area contributed by atoms with E-state index in [1.165, 1.54) is 7.11 Å². The number of ether oxygens (including phenoxy) is 2. The Hall–Kier alpha value is -0.650. The Balaban J connectivity index is 3.64. The molecule has 0 fully saturated rings. The molecule has 0 saturated heterocycles. The van der Waals surface area contributed by atoms with E-state index in [4.69, 9.17) is 5.26 Å². The summed E-state index contributed by atoms with van der Waals surface area (Å²) in [4.78, 5) is 13.9. The van der Waals surface area contributed by atoms with E-state index < -0.39 is 12.3 Å². The lowest BCUT2D eigenvalue weighted by Crippen LogP contribution is -2.26. The van der Waals surface area contributed by atoms with Crippen molar-refractivity contribution in [1.29, 1.82) is 0 Å². The average Bonchev–Trinajstić information content (AvgIpc) is 1.90. The summed E-state index contributed by atoms with van der Waals surface area (Å²) in [6, 6.07) is 0. The summed E-state index contributed by atoms with van der Waals surface area (Å²) in [5.41, 5.74) is 0. The summed E-state index contributed by atoms with van der Waals surface area (Å²) in [6.07, 6.45) is -1.34. The highest BCUT2D eigenvalue weighted by Crippen LogP contribution is 1.91. The Bertz CT molecular complexity index is 87.0. The van der Waals surface area contributed by atoms with Crippen molar-refractivity contribution in [2.45, 2.75) is 6.29 Å². The van der Waals surface area contributed by atoms with Crippen molar-refractivity contribution in [1.82, 2.24) is 0 Å². The Labute approximate surface area is 52.1 Å². The standard InChI is InChI=1S/C4H8O5/c1-7-3(5)4(8-2)9-6/h4,6H,1-2H3. The molecule has 1 unspecified atom stereocenters. The lowest BCUT2D eigenvalue weighted by Gasteiger charge is -2.06. The van der Waals surface area contributed by atoms with E-state index in [0.29, 0.717) is 0 Å². The number of carbonyl (C=O) groups is 1. The molecule has 5 heteroatoms. The molecule has 1 atom stereocenters. The Morgan fingerprint density at radius 3 is 2.22 bits per heavy atom. The van der Waals surface area contributed by atoms with Crippen molar-refractivity contribution in [3.05, 3.63) is 0 Å². The van der Waals surface area contributed by atoms with Crippen molar-refractivity contribution in [2.75, 3.05) is 14.2 Å². The van der Waals surface area contributed by atoms with Crippen LogP contribution in [-0.2, 0) is 19.2 Å². The second kappa shape index (κ2) is 4.25. The summed E-state index contributed by atoms with van der Waals surface area (Å²) in [5.74, 6) is -0.778. The maximum Gasteiger partial charge on any atom is 0.366 e. The number of methoxy groups -OCH3 is 2. The molecule has 0 aliphatic rings. The molecule has 0 saturated carbocycles. The molecule has 9 heavy (non-hydrogen) atoms. The molecule has 0 rings (SSSR count). The zero-order valence-electron chi connectivity index (χ0n) is 5.16. The van der Waals surface area contributed by atoms with Gasteiger partial charge in [-0.1, -0.05) is 0 Å². The van der Waals surface area contributed by atoms with Gasteiger partial charge in [0.1, 0.15) is 0 Å². The first-order chi connectivity index (χ1) is 4.26. The molecule has 0 heterocycles. The van der Waals surface area contributed by atoms with Crippen LogP contribution < -0.4 is 0 Å². The van der Waals surface area contributed by atoms with Crippen LogP contribution in [0.3, 0.4) is 0 Å². The zero-order valence-corrected chi connectivity index (χ0v) is 5.16. The van der Waals surface area contributed by atoms with Gasteiger partial charge in [-0.25, -0.2) is 10.1 Å². The van der Waals surface area contributed by atoms with E-state index in [0.717, 1.165) is 7.11 Å². The predicted octanol–water partition coefficient (Wildman–Crippen LogP) is -0.379. The van der Waals surface area contributed by atoms with Crippen molar-refractivity contribution >= 4 is 5.97 Å². The van der Waals surface area contributed by atoms with Crippen LogP contribution in [0.1, 0.15) is 0 Å². The fourth-order valence-electron chi connectivity index (χ4n) is 0.279. The minimum atomic E-state index is -1.34. The normalized spacial score (nSPS) is 12.8. The molecule has 0 aliphatic heterocycles. The number of esters is 1. The van der Waals surface area contributed by atoms with Crippen LogP contribution in [0.2, 0.25) is 0 Å². The molecule has 0 aromatic rings. The van der Waals surface area contributed by atoms with Crippen molar-refractivity contribution in [3.63, 3.8) is 0 Å². The van der Waals surface area contributed by atoms with Crippen LogP contribution in [0.15, 0.2) is 0 Å². The van der Waals surface area contributed by atoms with Gasteiger partial charge in [-0.3, -0.25) is 0 Å². The van der Waals surface area contributed by atoms with E-state index in [2.05, 4.69) is 14.4 Å². The quantitative estimate of drug-likeness (QED) is 0.248. The molecule has 0 aromatic heterocycles. The summed E-state index contributed by atoms with van der Waals surface area (Å²) in [7, 11) is 2.37. The SMILES string of the molecule is COC(=O)C(OC)OO. The smallest absolute Gasteiger partial charge is 0.366 e. The van der Waals surface area contributed by atoms with Crippen LogP contribution in [-0.4, -0.2) is 31.7 Å². The monoisotopic (exact) mass is 136 g/mol. The third-order valence-electron chi connectivity index (χ3n) is 0.703. The third-order valence-corrected chi connectivity index (χ3v) is 0.703. The van der Waals surface area contributed by atoms with Crippen LogP contribution in [0, 0.1) is 0 Å². The van der Waals surface area contributed by atoms with Gasteiger partial charge in [0, 0.05) is 7.11 Å². The summed E-state index contributed by atoms with van der Waals surface area (Å²) < 4.78 is 8.45. The highest BCUT2D eigenvalue weighted by molar-refractivity contribution is 5.72. The summed E-state index contributed by atoms with van der Waals surface area (Å²) in [6.45, 7) is 0. The van der Waals surface area contributed by atoms with Gasteiger partial charge in [-0.05, 0) is 0 Å². The van der Waals surface area contributed by atoms with E-state index in [1.54, 1.807) is 0 Å². The molecule has 0 amide bonds. The molecule has 0 aromatic carbocycles. The van der Waals surface area contributed by atoms with Crippen molar-refractivity contribution in [2.24, 2.45) is 0 Å². The lowest BCUT2D eigenvalue weighted by atomic mass is 10.7. The van der Waals surface area contributed by atoms with Crippen molar-refractivity contribution in [3.8, 4) is 0 Å². The Morgan fingerprint density at radius 1 is 1.56 bits per heavy atom. The Morgan fingerprint density at radius 2 is 2.11 bits per heavy atom. The van der Waals surface area contributed by atoms with E-state index in [-0.39, 0.29) is 0 Å². The largest absolute Gasteiger partial charge is 0.465 e. The molecular weight excluding hydrogens is 128 g/mol. The number of carbonyl (C=O) groups excluding carboxylic acids is 1. The second-order valence-electron chi connectivity index (χ2n) is 1.20. The molecular formula is C4H8O5. The summed E-state index contributed by atoms with van der Waals surface area (Å²) in [5, 5.41) is 7.90. The van der Waals surface area contributed by atoms with Crippen molar-refractivity contribution < 1.29 is 24.4 Å². The lowest BCUT2D eigenvalue weighted by molar-refractivity contribution is -0.332. The van der Waals surface area contributed by atoms with Crippen LogP contribution in [0.25, 0.3) is 0 Å². The minimum Gasteiger partial charge on any atom is -0.465 e. The maximum absolute atomic E-state index is 10.3. The molecule has 54 valence electrons. The number of rotatable bonds is 3. The molecule has 0 bridgehead atoms. The second-order valence-corrected chi connectivity index (χ2v) is 1.20. The van der Waals surface area contributed by atoms with Gasteiger partial charge in [0.15, 0.2) is 0 Å². The van der Waals surface area contributed by atoms with Gasteiger partial charge in [-0.15, -0.1) is 0 Å². The fourth-order valence-corrected chi connectivity index (χ4v) is 0.279. The molecule has 1 N–H and O–H groups in total. The van der Waals surface area contributed by atoms with Gasteiger partial charge in [0.25, 0.3) is 6.29 Å². The highest BCUT2D eigenvalue weighted by atomic mass is 17.1. The molecule has 5 nitrogen and oxygen atoms in total. The first kappa shape index (κ1) is 8.35. The van der Waals surface area contributed by atoms with Crippen LogP contribution in [0.5, 0.6) is 0 Å². The van der Waals surface area contributed by atoms with Gasteiger partial charge in [-0.2, -0.15) is 4.89 Å². The van der Waals surface area contributed by atoms with E-state index >= 15 is 0 Å². The van der Waals surface area contributed by atoms with E-state index in [1.807, 2.05) is 0 Å². The molecule has 0 spiro atoms. The van der Waals surface area contributed by atoms with Crippen LogP contribution >= 0.6 is 0 Å². The summed E-state index contributed by atoms with van der Waals surface area (Å²) >= 11 is 0. The molecule has 0 aliphatic carbocycles. The minimum absolute atomic E-state index is 0.778. The third kappa shape index (κ3) is 2.41. The van der Waals surface area contributed by atoms with Crippen LogP contribution in [0.4, 0.5) is 0 Å². The maximum atomic E-state index is 10.3. The van der Waals surface area contributed by atoms with E-state index in [9.17, 15) is 4.79 Å². The number of hydrogen-bond donors (Lipinski definition) is 1. The van der Waals surface area contributed by atoms with Gasteiger partial charge < -0.3 is 9.47 Å². The first-order valence-corrected chi connectivity index (χ1v) is 2.17. The van der Waals surface area contributed by atoms with Gasteiger partial charge >= 0.3 is 5.97 Å².